The highest BCUT2D eigenvalue weighted by molar-refractivity contribution is 5.50. The van der Waals surface area contributed by atoms with Crippen molar-refractivity contribution in [1.29, 1.82) is 0 Å². The summed E-state index contributed by atoms with van der Waals surface area (Å²) in [5, 5.41) is 3.36. The predicted molar refractivity (Wildman–Crippen MR) is 90.2 cm³/mol. The lowest BCUT2D eigenvalue weighted by molar-refractivity contribution is 0.254. The van der Waals surface area contributed by atoms with Gasteiger partial charge in [-0.1, -0.05) is 0 Å². The molecule has 1 atom stereocenters. The zero-order valence-electron chi connectivity index (χ0n) is 14.1. The highest BCUT2D eigenvalue weighted by Gasteiger charge is 2.21. The third-order valence-electron chi connectivity index (χ3n) is 3.80. The maximum atomic E-state index is 5.86. The Morgan fingerprint density at radius 1 is 1.26 bits per heavy atom. The predicted octanol–water partition coefficient (Wildman–Crippen LogP) is 3.43. The van der Waals surface area contributed by atoms with E-state index in [4.69, 9.17) is 9.47 Å². The molecule has 0 spiro atoms. The van der Waals surface area contributed by atoms with Gasteiger partial charge < -0.3 is 14.8 Å². The lowest BCUT2D eigenvalue weighted by Crippen LogP contribution is -2.06. The Labute approximate surface area is 137 Å². The first kappa shape index (κ1) is 15.6. The second kappa shape index (κ2) is 6.44. The van der Waals surface area contributed by atoms with Gasteiger partial charge in [0.05, 0.1) is 6.61 Å². The Morgan fingerprint density at radius 2 is 2.09 bits per heavy atom. The van der Waals surface area contributed by atoms with Gasteiger partial charge in [-0.25, -0.2) is 9.97 Å². The number of nitrogens with one attached hydrogen (secondary N) is 1. The van der Waals surface area contributed by atoms with Crippen molar-refractivity contribution in [2.75, 3.05) is 11.9 Å². The number of fused-ring (bicyclic) bond motifs is 1. The zero-order chi connectivity index (χ0) is 16.4. The van der Waals surface area contributed by atoms with Crippen LogP contribution in [0.2, 0.25) is 0 Å². The fourth-order valence-electron chi connectivity index (χ4n) is 2.90. The Bertz CT molecular complexity index is 695. The minimum Gasteiger partial charge on any atom is -0.494 e. The van der Waals surface area contributed by atoms with E-state index in [2.05, 4.69) is 34.3 Å². The summed E-state index contributed by atoms with van der Waals surface area (Å²) in [5.74, 6) is 3.47. The Morgan fingerprint density at radius 3 is 2.83 bits per heavy atom. The molecule has 1 unspecified atom stereocenters. The van der Waals surface area contributed by atoms with E-state index in [0.29, 0.717) is 13.2 Å². The van der Waals surface area contributed by atoms with E-state index in [-0.39, 0.29) is 6.10 Å². The van der Waals surface area contributed by atoms with Gasteiger partial charge in [0.15, 0.2) is 0 Å². The number of ether oxygens (including phenoxy) is 2. The normalized spacial score (nSPS) is 15.9. The van der Waals surface area contributed by atoms with E-state index < -0.39 is 0 Å². The first-order valence-electron chi connectivity index (χ1n) is 8.06. The minimum atomic E-state index is 0.231. The maximum absolute atomic E-state index is 5.86. The molecule has 0 aliphatic carbocycles. The van der Waals surface area contributed by atoms with Crippen LogP contribution in [0.5, 0.6) is 11.5 Å². The number of anilines is 1. The number of benzene rings is 1. The van der Waals surface area contributed by atoms with Crippen LogP contribution in [0.15, 0.2) is 18.2 Å². The molecule has 5 heteroatoms. The zero-order valence-corrected chi connectivity index (χ0v) is 14.1. The topological polar surface area (TPSA) is 56.3 Å². The fourth-order valence-corrected chi connectivity index (χ4v) is 2.90. The number of hydrogen-bond acceptors (Lipinski definition) is 5. The first-order chi connectivity index (χ1) is 11.0. The van der Waals surface area contributed by atoms with Gasteiger partial charge in [-0.15, -0.1) is 0 Å². The monoisotopic (exact) mass is 313 g/mol. The Hall–Kier alpha value is -2.30. The minimum absolute atomic E-state index is 0.231. The molecule has 0 saturated carbocycles. The molecule has 0 amide bonds. The molecule has 1 aliphatic rings. The van der Waals surface area contributed by atoms with Gasteiger partial charge in [-0.3, -0.25) is 0 Å². The van der Waals surface area contributed by atoms with Crippen molar-refractivity contribution in [3.05, 3.63) is 40.8 Å². The molecule has 1 aliphatic heterocycles. The second-order valence-corrected chi connectivity index (χ2v) is 5.93. The summed E-state index contributed by atoms with van der Waals surface area (Å²) in [6.07, 6.45) is 1.17. The lowest BCUT2D eigenvalue weighted by atomic mass is 10.1. The quantitative estimate of drug-likeness (QED) is 0.916. The summed E-state index contributed by atoms with van der Waals surface area (Å²) < 4.78 is 11.7. The second-order valence-electron chi connectivity index (χ2n) is 5.93. The van der Waals surface area contributed by atoms with Crippen LogP contribution >= 0.6 is 0 Å². The van der Waals surface area contributed by atoms with Gasteiger partial charge in [0, 0.05) is 35.9 Å². The van der Waals surface area contributed by atoms with E-state index in [1.807, 2.05) is 26.8 Å². The largest absolute Gasteiger partial charge is 0.494 e. The highest BCUT2D eigenvalue weighted by atomic mass is 16.5. The number of rotatable bonds is 5. The van der Waals surface area contributed by atoms with E-state index in [9.17, 15) is 0 Å². The lowest BCUT2D eigenvalue weighted by Gasteiger charge is -2.14. The van der Waals surface area contributed by atoms with E-state index in [1.54, 1.807) is 0 Å². The Balaban J connectivity index is 1.82. The molecule has 0 fully saturated rings. The van der Waals surface area contributed by atoms with Crippen molar-refractivity contribution in [2.45, 2.75) is 46.8 Å². The molecule has 0 radical (unpaired) electrons. The number of aryl methyl sites for hydroxylation is 2. The van der Waals surface area contributed by atoms with Gasteiger partial charge in [0.2, 0.25) is 0 Å². The smallest absolute Gasteiger partial charge is 0.130 e. The molecule has 5 nitrogen and oxygen atoms in total. The molecule has 0 bridgehead atoms. The summed E-state index contributed by atoms with van der Waals surface area (Å²) in [4.78, 5) is 8.71. The van der Waals surface area contributed by atoms with E-state index >= 15 is 0 Å². The van der Waals surface area contributed by atoms with Crippen molar-refractivity contribution in [3.8, 4) is 11.5 Å². The third-order valence-corrected chi connectivity index (χ3v) is 3.80. The van der Waals surface area contributed by atoms with Gasteiger partial charge in [0.25, 0.3) is 0 Å². The maximum Gasteiger partial charge on any atom is 0.130 e. The molecule has 2 heterocycles. The molecule has 1 aromatic heterocycles. The standard InChI is InChI=1S/C18H23N3O2/c1-5-22-16-8-14-7-12(3)23-17(14)9-15(16)10-19-18-6-11(2)20-13(4)21-18/h6,8-9,12H,5,7,10H2,1-4H3,(H,19,20,21). The van der Waals surface area contributed by atoms with Crippen LogP contribution < -0.4 is 14.8 Å². The van der Waals surface area contributed by atoms with Crippen molar-refractivity contribution in [2.24, 2.45) is 0 Å². The molecule has 2 aromatic rings. The van der Waals surface area contributed by atoms with Crippen LogP contribution in [0, 0.1) is 13.8 Å². The number of nitrogens with zero attached hydrogens (tertiary/aromatic N) is 2. The average Bonchev–Trinajstić information content (AvgIpc) is 2.83. The first-order valence-corrected chi connectivity index (χ1v) is 8.06. The van der Waals surface area contributed by atoms with Gasteiger partial charge >= 0.3 is 0 Å². The van der Waals surface area contributed by atoms with Crippen molar-refractivity contribution in [3.63, 3.8) is 0 Å². The summed E-state index contributed by atoms with van der Waals surface area (Å²) in [7, 11) is 0. The summed E-state index contributed by atoms with van der Waals surface area (Å²) in [6, 6.07) is 6.13. The van der Waals surface area contributed by atoms with Gasteiger partial charge in [0.1, 0.15) is 29.2 Å². The van der Waals surface area contributed by atoms with Crippen LogP contribution in [-0.2, 0) is 13.0 Å². The van der Waals surface area contributed by atoms with Gasteiger partial charge in [-0.2, -0.15) is 0 Å². The van der Waals surface area contributed by atoms with Crippen LogP contribution in [0.4, 0.5) is 5.82 Å². The molecule has 23 heavy (non-hydrogen) atoms. The van der Waals surface area contributed by atoms with Crippen molar-refractivity contribution in [1.82, 2.24) is 9.97 Å². The van der Waals surface area contributed by atoms with Crippen LogP contribution in [0.25, 0.3) is 0 Å². The summed E-state index contributed by atoms with van der Waals surface area (Å²) in [6.45, 7) is 9.24. The number of hydrogen-bond donors (Lipinski definition) is 1. The summed E-state index contributed by atoms with van der Waals surface area (Å²) >= 11 is 0. The molecule has 1 N–H and O–H groups in total. The molecule has 122 valence electrons. The highest BCUT2D eigenvalue weighted by Crippen LogP contribution is 2.35. The molecule has 3 rings (SSSR count). The average molecular weight is 313 g/mol. The SMILES string of the molecule is CCOc1cc2c(cc1CNc1cc(C)nc(C)n1)OC(C)C2. The number of aromatic nitrogens is 2. The van der Waals surface area contributed by atoms with Crippen LogP contribution in [-0.4, -0.2) is 22.7 Å². The molecule has 1 aromatic carbocycles. The molecular weight excluding hydrogens is 290 g/mol. The summed E-state index contributed by atoms with van der Waals surface area (Å²) in [5.41, 5.74) is 3.25. The molecular formula is C18H23N3O2. The molecule has 0 saturated heterocycles. The van der Waals surface area contributed by atoms with Crippen molar-refractivity contribution >= 4 is 5.82 Å². The van der Waals surface area contributed by atoms with Crippen LogP contribution in [0.1, 0.15) is 36.5 Å². The van der Waals surface area contributed by atoms with Crippen molar-refractivity contribution < 1.29 is 9.47 Å². The van der Waals surface area contributed by atoms with E-state index in [0.717, 1.165) is 40.8 Å². The third kappa shape index (κ3) is 3.55. The van der Waals surface area contributed by atoms with Gasteiger partial charge in [-0.05, 0) is 39.8 Å². The Kier molecular flexibility index (Phi) is 4.37. The van der Waals surface area contributed by atoms with Crippen LogP contribution in [0.3, 0.4) is 0 Å². The van der Waals surface area contributed by atoms with E-state index in [1.165, 1.54) is 5.56 Å². The fraction of sp³-hybridized carbons (Fsp3) is 0.444.